The Morgan fingerprint density at radius 2 is 1.81 bits per heavy atom. The number of carbonyl (C=O) groups excluding carboxylic acids is 1. The number of hydrogen-bond acceptors (Lipinski definition) is 2. The molecule has 2 aliphatic carbocycles. The fraction of sp³-hybridized carbons (Fsp3) is 0.833. The number of rotatable bonds is 4. The molecule has 2 fully saturated rings. The fourth-order valence-electron chi connectivity index (χ4n) is 2.49. The molecule has 0 atom stereocenters. The molecule has 4 nitrogen and oxygen atoms in total. The number of nitrogens with one attached hydrogen (secondary N) is 1. The first-order valence-electron chi connectivity index (χ1n) is 6.17. The summed E-state index contributed by atoms with van der Waals surface area (Å²) in [5, 5.41) is 11.6. The summed E-state index contributed by atoms with van der Waals surface area (Å²) in [4.78, 5) is 22.6. The summed E-state index contributed by atoms with van der Waals surface area (Å²) in [6.45, 7) is 0. The third-order valence-electron chi connectivity index (χ3n) is 3.74. The maximum atomic E-state index is 11.7. The summed E-state index contributed by atoms with van der Waals surface area (Å²) in [5.74, 6) is -0.491. The molecule has 0 spiro atoms. The Bertz CT molecular complexity index is 291. The molecule has 0 aromatic heterocycles. The Kier molecular flexibility index (Phi) is 3.17. The van der Waals surface area contributed by atoms with Crippen LogP contribution in [-0.4, -0.2) is 22.5 Å². The van der Waals surface area contributed by atoms with E-state index >= 15 is 0 Å². The topological polar surface area (TPSA) is 66.4 Å². The number of carbonyl (C=O) groups is 2. The van der Waals surface area contributed by atoms with Gasteiger partial charge in [0, 0.05) is 6.42 Å². The van der Waals surface area contributed by atoms with E-state index in [0.717, 1.165) is 12.8 Å². The van der Waals surface area contributed by atoms with Gasteiger partial charge < -0.3 is 10.4 Å². The third-order valence-corrected chi connectivity index (χ3v) is 3.74. The highest BCUT2D eigenvalue weighted by atomic mass is 16.4. The van der Waals surface area contributed by atoms with Gasteiger partial charge in [-0.05, 0) is 31.6 Å². The van der Waals surface area contributed by atoms with Crippen LogP contribution in [0.3, 0.4) is 0 Å². The third kappa shape index (κ3) is 2.54. The van der Waals surface area contributed by atoms with Crippen molar-refractivity contribution in [3.63, 3.8) is 0 Å². The molecule has 16 heavy (non-hydrogen) atoms. The predicted octanol–water partition coefficient (Wildman–Crippen LogP) is 1.69. The molecule has 0 saturated heterocycles. The predicted molar refractivity (Wildman–Crippen MR) is 58.9 cm³/mol. The van der Waals surface area contributed by atoms with Crippen molar-refractivity contribution in [1.29, 1.82) is 0 Å². The van der Waals surface area contributed by atoms with E-state index in [1.54, 1.807) is 0 Å². The molecule has 2 aliphatic rings. The lowest BCUT2D eigenvalue weighted by molar-refractivity contribution is -0.143. The minimum atomic E-state index is -0.911. The monoisotopic (exact) mass is 225 g/mol. The molecular weight excluding hydrogens is 206 g/mol. The number of carboxylic acid groups (broad SMARTS) is 1. The quantitative estimate of drug-likeness (QED) is 0.765. The van der Waals surface area contributed by atoms with Crippen molar-refractivity contribution >= 4 is 11.9 Å². The Hall–Kier alpha value is -1.06. The zero-order valence-corrected chi connectivity index (χ0v) is 9.50. The first-order valence-corrected chi connectivity index (χ1v) is 6.17. The zero-order valence-electron chi connectivity index (χ0n) is 9.50. The van der Waals surface area contributed by atoms with Crippen LogP contribution in [0.25, 0.3) is 0 Å². The van der Waals surface area contributed by atoms with Gasteiger partial charge in [0.15, 0.2) is 0 Å². The van der Waals surface area contributed by atoms with E-state index in [1.807, 2.05) is 0 Å². The first-order chi connectivity index (χ1) is 7.62. The summed E-state index contributed by atoms with van der Waals surface area (Å²) >= 11 is 0. The van der Waals surface area contributed by atoms with Crippen LogP contribution in [0, 0.1) is 5.92 Å². The summed E-state index contributed by atoms with van der Waals surface area (Å²) in [6.07, 6.45) is 7.61. The van der Waals surface area contributed by atoms with Crippen LogP contribution in [0.15, 0.2) is 0 Å². The fourth-order valence-corrected chi connectivity index (χ4v) is 2.49. The van der Waals surface area contributed by atoms with Crippen molar-refractivity contribution in [2.24, 2.45) is 5.92 Å². The highest BCUT2D eigenvalue weighted by Gasteiger charge is 2.51. The van der Waals surface area contributed by atoms with Crippen molar-refractivity contribution in [1.82, 2.24) is 5.32 Å². The molecule has 0 aromatic rings. The van der Waals surface area contributed by atoms with Crippen molar-refractivity contribution in [2.45, 2.75) is 56.9 Å². The van der Waals surface area contributed by atoms with Crippen LogP contribution in [0.2, 0.25) is 0 Å². The molecule has 0 aliphatic heterocycles. The van der Waals surface area contributed by atoms with Crippen LogP contribution in [-0.2, 0) is 9.59 Å². The Morgan fingerprint density at radius 1 is 1.19 bits per heavy atom. The second-order valence-electron chi connectivity index (χ2n) is 5.14. The normalized spacial score (nSPS) is 23.8. The summed E-state index contributed by atoms with van der Waals surface area (Å²) < 4.78 is 0. The smallest absolute Gasteiger partial charge is 0.329 e. The van der Waals surface area contributed by atoms with Gasteiger partial charge in [-0.25, -0.2) is 4.79 Å². The van der Waals surface area contributed by atoms with Gasteiger partial charge in [0.1, 0.15) is 5.54 Å². The van der Waals surface area contributed by atoms with E-state index in [1.165, 1.54) is 19.3 Å². The van der Waals surface area contributed by atoms with Crippen molar-refractivity contribution in [2.75, 3.05) is 0 Å². The number of hydrogen-bond donors (Lipinski definition) is 2. The van der Waals surface area contributed by atoms with Gasteiger partial charge >= 0.3 is 5.97 Å². The van der Waals surface area contributed by atoms with Crippen LogP contribution in [0.4, 0.5) is 0 Å². The molecule has 90 valence electrons. The molecule has 0 unspecified atom stereocenters. The molecule has 1 amide bonds. The largest absolute Gasteiger partial charge is 0.480 e. The van der Waals surface area contributed by atoms with Gasteiger partial charge in [0.25, 0.3) is 0 Å². The molecule has 4 heteroatoms. The lowest BCUT2D eigenvalue weighted by atomic mass is 9.87. The highest BCUT2D eigenvalue weighted by Crippen LogP contribution is 2.36. The van der Waals surface area contributed by atoms with Gasteiger partial charge in [-0.1, -0.05) is 19.3 Å². The summed E-state index contributed by atoms with van der Waals surface area (Å²) in [5.41, 5.74) is -0.911. The van der Waals surface area contributed by atoms with E-state index in [-0.39, 0.29) is 5.91 Å². The number of carboxylic acids is 1. The summed E-state index contributed by atoms with van der Waals surface area (Å²) in [7, 11) is 0. The van der Waals surface area contributed by atoms with E-state index < -0.39 is 11.5 Å². The van der Waals surface area contributed by atoms with Crippen molar-refractivity contribution in [3.8, 4) is 0 Å². The minimum absolute atomic E-state index is 0.0770. The number of amides is 1. The number of aliphatic carboxylic acids is 1. The maximum Gasteiger partial charge on any atom is 0.329 e. The van der Waals surface area contributed by atoms with E-state index in [0.29, 0.717) is 25.2 Å². The highest BCUT2D eigenvalue weighted by molar-refractivity contribution is 5.89. The zero-order chi connectivity index (χ0) is 11.6. The van der Waals surface area contributed by atoms with Gasteiger partial charge in [-0.15, -0.1) is 0 Å². The molecule has 0 aromatic carbocycles. The molecule has 2 N–H and O–H groups in total. The van der Waals surface area contributed by atoms with Crippen LogP contribution >= 0.6 is 0 Å². The molecular formula is C12H19NO3. The van der Waals surface area contributed by atoms with Gasteiger partial charge in [0.2, 0.25) is 5.91 Å². The second-order valence-corrected chi connectivity index (χ2v) is 5.14. The molecule has 2 saturated carbocycles. The van der Waals surface area contributed by atoms with Crippen LogP contribution in [0.1, 0.15) is 51.4 Å². The lowest BCUT2D eigenvalue weighted by Gasteiger charge is -2.22. The second kappa shape index (κ2) is 4.44. The lowest BCUT2D eigenvalue weighted by Crippen LogP contribution is -2.43. The average molecular weight is 225 g/mol. The summed E-state index contributed by atoms with van der Waals surface area (Å²) in [6, 6.07) is 0. The maximum absolute atomic E-state index is 11.7. The molecule has 0 bridgehead atoms. The molecule has 0 radical (unpaired) electrons. The van der Waals surface area contributed by atoms with E-state index in [9.17, 15) is 9.59 Å². The minimum Gasteiger partial charge on any atom is -0.480 e. The Labute approximate surface area is 95.4 Å². The van der Waals surface area contributed by atoms with Crippen molar-refractivity contribution in [3.05, 3.63) is 0 Å². The standard InChI is InChI=1S/C12H19NO3/c14-10(8-9-4-2-1-3-5-9)13-12(6-7-12)11(15)16/h9H,1-8H2,(H,13,14)(H,15,16). The Morgan fingerprint density at radius 3 is 2.31 bits per heavy atom. The van der Waals surface area contributed by atoms with Crippen LogP contribution < -0.4 is 5.32 Å². The van der Waals surface area contributed by atoms with Crippen molar-refractivity contribution < 1.29 is 14.7 Å². The first kappa shape index (κ1) is 11.4. The Balaban J connectivity index is 1.78. The van der Waals surface area contributed by atoms with Gasteiger partial charge in [0.05, 0.1) is 0 Å². The van der Waals surface area contributed by atoms with E-state index in [2.05, 4.69) is 5.32 Å². The van der Waals surface area contributed by atoms with Gasteiger partial charge in [-0.3, -0.25) is 4.79 Å². The molecule has 0 heterocycles. The average Bonchev–Trinajstić information content (AvgIpc) is 3.00. The van der Waals surface area contributed by atoms with E-state index in [4.69, 9.17) is 5.11 Å². The SMILES string of the molecule is O=C(CC1CCCCC1)NC1(C(=O)O)CC1. The van der Waals surface area contributed by atoms with Crippen LogP contribution in [0.5, 0.6) is 0 Å². The van der Waals surface area contributed by atoms with Gasteiger partial charge in [-0.2, -0.15) is 0 Å². The molecule has 2 rings (SSSR count).